The highest BCUT2D eigenvalue weighted by Crippen LogP contribution is 2.37. The molecule has 1 aliphatic rings. The maximum atomic E-state index is 4.33. The molecule has 2 nitrogen and oxygen atoms in total. The van der Waals surface area contributed by atoms with Gasteiger partial charge in [0.15, 0.2) is 0 Å². The van der Waals surface area contributed by atoms with Crippen molar-refractivity contribution in [2.24, 2.45) is 5.92 Å². The summed E-state index contributed by atoms with van der Waals surface area (Å²) < 4.78 is 0. The SMILES string of the molecule is CCc1nnc(C2CCC(CC)CC2)s1. The average Bonchev–Trinajstić information content (AvgIpc) is 2.78. The Morgan fingerprint density at radius 3 is 2.40 bits per heavy atom. The van der Waals surface area contributed by atoms with Crippen molar-refractivity contribution >= 4 is 11.3 Å². The van der Waals surface area contributed by atoms with Gasteiger partial charge in [-0.2, -0.15) is 0 Å². The number of hydrogen-bond donors (Lipinski definition) is 0. The molecule has 0 aliphatic heterocycles. The van der Waals surface area contributed by atoms with Crippen molar-refractivity contribution in [3.05, 3.63) is 10.0 Å². The fourth-order valence-corrected chi connectivity index (χ4v) is 3.34. The molecular weight excluding hydrogens is 204 g/mol. The summed E-state index contributed by atoms with van der Waals surface area (Å²) in [6.45, 7) is 4.46. The summed E-state index contributed by atoms with van der Waals surface area (Å²) in [7, 11) is 0. The summed E-state index contributed by atoms with van der Waals surface area (Å²) >= 11 is 1.83. The third-order valence-electron chi connectivity index (χ3n) is 3.56. The minimum Gasteiger partial charge on any atom is -0.144 e. The lowest BCUT2D eigenvalue weighted by molar-refractivity contribution is 0.317. The molecule has 0 radical (unpaired) electrons. The fourth-order valence-electron chi connectivity index (χ4n) is 2.39. The Morgan fingerprint density at radius 2 is 1.87 bits per heavy atom. The Hall–Kier alpha value is -0.440. The second kappa shape index (κ2) is 5.06. The second-order valence-corrected chi connectivity index (χ2v) is 5.61. The van der Waals surface area contributed by atoms with Gasteiger partial charge in [-0.3, -0.25) is 0 Å². The highest BCUT2D eigenvalue weighted by molar-refractivity contribution is 7.11. The molecule has 0 aromatic carbocycles. The Labute approximate surface area is 96.1 Å². The van der Waals surface area contributed by atoms with E-state index in [1.165, 1.54) is 42.1 Å². The molecule has 1 saturated carbocycles. The van der Waals surface area contributed by atoms with Crippen LogP contribution < -0.4 is 0 Å². The van der Waals surface area contributed by atoms with Crippen molar-refractivity contribution < 1.29 is 0 Å². The smallest absolute Gasteiger partial charge is 0.120 e. The van der Waals surface area contributed by atoms with E-state index in [0.29, 0.717) is 5.92 Å². The van der Waals surface area contributed by atoms with E-state index >= 15 is 0 Å². The number of aromatic nitrogens is 2. The van der Waals surface area contributed by atoms with Crippen LogP contribution in [-0.4, -0.2) is 10.2 Å². The third kappa shape index (κ3) is 2.57. The maximum Gasteiger partial charge on any atom is 0.120 e. The van der Waals surface area contributed by atoms with E-state index < -0.39 is 0 Å². The summed E-state index contributed by atoms with van der Waals surface area (Å²) in [6, 6.07) is 0. The van der Waals surface area contributed by atoms with Gasteiger partial charge < -0.3 is 0 Å². The quantitative estimate of drug-likeness (QED) is 0.780. The van der Waals surface area contributed by atoms with Crippen molar-refractivity contribution in [3.8, 4) is 0 Å². The van der Waals surface area contributed by atoms with Crippen LogP contribution in [0.1, 0.15) is 61.9 Å². The van der Waals surface area contributed by atoms with Crippen LogP contribution in [-0.2, 0) is 6.42 Å². The van der Waals surface area contributed by atoms with Crippen molar-refractivity contribution in [3.63, 3.8) is 0 Å². The standard InChI is InChI=1S/C12H20N2S/c1-3-9-5-7-10(8-6-9)12-14-13-11(4-2)15-12/h9-10H,3-8H2,1-2H3. The average molecular weight is 224 g/mol. The molecular formula is C12H20N2S. The Balaban J connectivity index is 1.95. The van der Waals surface area contributed by atoms with Gasteiger partial charge in [-0.1, -0.05) is 20.3 Å². The minimum absolute atomic E-state index is 0.714. The van der Waals surface area contributed by atoms with Crippen molar-refractivity contribution in [2.45, 2.75) is 58.3 Å². The molecule has 15 heavy (non-hydrogen) atoms. The molecule has 1 aliphatic carbocycles. The zero-order chi connectivity index (χ0) is 10.7. The predicted octanol–water partition coefficient (Wildman–Crippen LogP) is 3.78. The molecule has 0 spiro atoms. The van der Waals surface area contributed by atoms with Gasteiger partial charge >= 0.3 is 0 Å². The molecule has 0 N–H and O–H groups in total. The van der Waals surface area contributed by atoms with Gasteiger partial charge in [0.05, 0.1) is 0 Å². The number of nitrogens with zero attached hydrogens (tertiary/aromatic N) is 2. The van der Waals surface area contributed by atoms with Crippen LogP contribution in [0.25, 0.3) is 0 Å². The van der Waals surface area contributed by atoms with Crippen LogP contribution in [0, 0.1) is 5.92 Å². The first-order valence-electron chi connectivity index (χ1n) is 6.15. The van der Waals surface area contributed by atoms with E-state index in [1.807, 2.05) is 11.3 Å². The van der Waals surface area contributed by atoms with E-state index in [4.69, 9.17) is 0 Å². The van der Waals surface area contributed by atoms with Gasteiger partial charge in [-0.15, -0.1) is 21.5 Å². The molecule has 84 valence electrons. The van der Waals surface area contributed by atoms with Gasteiger partial charge in [-0.05, 0) is 38.0 Å². The van der Waals surface area contributed by atoms with E-state index in [2.05, 4.69) is 24.0 Å². The maximum absolute atomic E-state index is 4.33. The van der Waals surface area contributed by atoms with E-state index in [9.17, 15) is 0 Å². The highest BCUT2D eigenvalue weighted by atomic mass is 32.1. The summed E-state index contributed by atoms with van der Waals surface area (Å²) in [6.07, 6.45) is 7.82. The molecule has 1 fully saturated rings. The van der Waals surface area contributed by atoms with E-state index in [0.717, 1.165) is 12.3 Å². The fraction of sp³-hybridized carbons (Fsp3) is 0.833. The van der Waals surface area contributed by atoms with E-state index in [-0.39, 0.29) is 0 Å². The first-order chi connectivity index (χ1) is 7.33. The first-order valence-corrected chi connectivity index (χ1v) is 6.97. The Kier molecular flexibility index (Phi) is 3.73. The predicted molar refractivity (Wildman–Crippen MR) is 64.3 cm³/mol. The van der Waals surface area contributed by atoms with Crippen molar-refractivity contribution in [2.75, 3.05) is 0 Å². The van der Waals surface area contributed by atoms with Crippen LogP contribution in [0.5, 0.6) is 0 Å². The first kappa shape index (κ1) is 11.1. The minimum atomic E-state index is 0.714. The normalized spacial score (nSPS) is 26.8. The summed E-state index contributed by atoms with van der Waals surface area (Å²) in [4.78, 5) is 0. The Bertz CT molecular complexity index is 300. The van der Waals surface area contributed by atoms with Crippen LogP contribution in [0.15, 0.2) is 0 Å². The highest BCUT2D eigenvalue weighted by Gasteiger charge is 2.23. The monoisotopic (exact) mass is 224 g/mol. The molecule has 0 amide bonds. The molecule has 0 atom stereocenters. The second-order valence-electron chi connectivity index (χ2n) is 4.51. The number of hydrogen-bond acceptors (Lipinski definition) is 3. The molecule has 0 saturated heterocycles. The molecule has 0 unspecified atom stereocenters. The van der Waals surface area contributed by atoms with Crippen LogP contribution in [0.3, 0.4) is 0 Å². The lowest BCUT2D eigenvalue weighted by Crippen LogP contribution is -2.12. The molecule has 2 rings (SSSR count). The summed E-state index contributed by atoms with van der Waals surface area (Å²) in [5, 5.41) is 11.0. The van der Waals surface area contributed by atoms with Gasteiger partial charge in [0, 0.05) is 5.92 Å². The number of rotatable bonds is 3. The van der Waals surface area contributed by atoms with Crippen molar-refractivity contribution in [1.29, 1.82) is 0 Å². The largest absolute Gasteiger partial charge is 0.144 e. The van der Waals surface area contributed by atoms with Crippen LogP contribution in [0.4, 0.5) is 0 Å². The van der Waals surface area contributed by atoms with Gasteiger partial charge in [-0.25, -0.2) is 0 Å². The Morgan fingerprint density at radius 1 is 1.13 bits per heavy atom. The lowest BCUT2D eigenvalue weighted by Gasteiger charge is -2.25. The van der Waals surface area contributed by atoms with Gasteiger partial charge in [0.2, 0.25) is 0 Å². The third-order valence-corrected chi connectivity index (χ3v) is 4.79. The van der Waals surface area contributed by atoms with E-state index in [1.54, 1.807) is 0 Å². The molecule has 3 heteroatoms. The molecule has 1 heterocycles. The zero-order valence-electron chi connectivity index (χ0n) is 9.70. The molecule has 1 aromatic heterocycles. The summed E-state index contributed by atoms with van der Waals surface area (Å²) in [5.41, 5.74) is 0. The molecule has 0 bridgehead atoms. The molecule has 1 aromatic rings. The van der Waals surface area contributed by atoms with Crippen molar-refractivity contribution in [1.82, 2.24) is 10.2 Å². The zero-order valence-corrected chi connectivity index (χ0v) is 10.5. The summed E-state index contributed by atoms with van der Waals surface area (Å²) in [5.74, 6) is 1.69. The van der Waals surface area contributed by atoms with Crippen LogP contribution >= 0.6 is 11.3 Å². The number of aryl methyl sites for hydroxylation is 1. The topological polar surface area (TPSA) is 25.8 Å². The van der Waals surface area contributed by atoms with Gasteiger partial charge in [0.1, 0.15) is 10.0 Å². The van der Waals surface area contributed by atoms with Gasteiger partial charge in [0.25, 0.3) is 0 Å². The lowest BCUT2D eigenvalue weighted by atomic mass is 9.81. The van der Waals surface area contributed by atoms with Crippen LogP contribution in [0.2, 0.25) is 0 Å².